The van der Waals surface area contributed by atoms with Crippen LogP contribution in [0.25, 0.3) is 0 Å². The first-order chi connectivity index (χ1) is 11.1. The SMILES string of the molecule is CCNC(=O)CCCCCn1cc(CCCCOC(C)C)nn1. The van der Waals surface area contributed by atoms with E-state index in [0.717, 1.165) is 57.4 Å². The lowest BCUT2D eigenvalue weighted by Gasteiger charge is -2.05. The highest BCUT2D eigenvalue weighted by Crippen LogP contribution is 2.05. The Morgan fingerprint density at radius 3 is 2.83 bits per heavy atom. The van der Waals surface area contributed by atoms with E-state index >= 15 is 0 Å². The van der Waals surface area contributed by atoms with Crippen LogP contribution in [0.3, 0.4) is 0 Å². The average Bonchev–Trinajstić information content (AvgIpc) is 2.94. The molecule has 0 aliphatic carbocycles. The third-order valence-electron chi connectivity index (χ3n) is 3.53. The van der Waals surface area contributed by atoms with Gasteiger partial charge in [-0.3, -0.25) is 9.48 Å². The highest BCUT2D eigenvalue weighted by atomic mass is 16.5. The summed E-state index contributed by atoms with van der Waals surface area (Å²) in [5.41, 5.74) is 1.05. The first kappa shape index (κ1) is 19.6. The van der Waals surface area contributed by atoms with Crippen molar-refractivity contribution in [3.63, 3.8) is 0 Å². The predicted octanol–water partition coefficient (Wildman–Crippen LogP) is 2.72. The van der Waals surface area contributed by atoms with Crippen molar-refractivity contribution in [3.05, 3.63) is 11.9 Å². The number of unbranched alkanes of at least 4 members (excludes halogenated alkanes) is 3. The molecule has 0 spiro atoms. The van der Waals surface area contributed by atoms with Crippen LogP contribution in [-0.4, -0.2) is 40.2 Å². The van der Waals surface area contributed by atoms with E-state index in [1.807, 2.05) is 17.8 Å². The average molecular weight is 324 g/mol. The largest absolute Gasteiger partial charge is 0.379 e. The summed E-state index contributed by atoms with van der Waals surface area (Å²) >= 11 is 0. The number of nitrogens with one attached hydrogen (secondary N) is 1. The van der Waals surface area contributed by atoms with Gasteiger partial charge in [-0.05, 0) is 52.9 Å². The summed E-state index contributed by atoms with van der Waals surface area (Å²) in [6.07, 6.45) is 9.07. The number of carbonyl (C=O) groups is 1. The van der Waals surface area contributed by atoms with E-state index in [1.54, 1.807) is 0 Å². The standard InChI is InChI=1S/C17H32N4O2/c1-4-18-17(22)11-6-5-8-12-21-14-16(19-20-21)10-7-9-13-23-15(2)3/h14-15H,4-13H2,1-3H3,(H,18,22). The molecule has 132 valence electrons. The van der Waals surface area contributed by atoms with Crippen LogP contribution in [0.1, 0.15) is 65.0 Å². The Morgan fingerprint density at radius 1 is 1.26 bits per heavy atom. The summed E-state index contributed by atoms with van der Waals surface area (Å²) in [5.74, 6) is 0.150. The minimum atomic E-state index is 0.150. The highest BCUT2D eigenvalue weighted by Gasteiger charge is 2.02. The molecule has 0 aromatic carbocycles. The quantitative estimate of drug-likeness (QED) is 0.566. The number of ether oxygens (including phenoxy) is 1. The Bertz CT molecular complexity index is 432. The van der Waals surface area contributed by atoms with Gasteiger partial charge in [0.25, 0.3) is 0 Å². The number of hydrogen-bond donors (Lipinski definition) is 1. The molecule has 0 unspecified atom stereocenters. The molecule has 1 amide bonds. The molecule has 6 heteroatoms. The van der Waals surface area contributed by atoms with E-state index in [4.69, 9.17) is 4.74 Å². The molecule has 0 atom stereocenters. The number of rotatable bonds is 13. The normalized spacial score (nSPS) is 11.1. The second-order valence-electron chi connectivity index (χ2n) is 6.11. The van der Waals surface area contributed by atoms with Gasteiger partial charge in [0.2, 0.25) is 5.91 Å². The number of nitrogens with zero attached hydrogens (tertiary/aromatic N) is 3. The molecule has 1 rings (SSSR count). The first-order valence-corrected chi connectivity index (χ1v) is 8.89. The fourth-order valence-corrected chi connectivity index (χ4v) is 2.31. The van der Waals surface area contributed by atoms with Gasteiger partial charge >= 0.3 is 0 Å². The van der Waals surface area contributed by atoms with Crippen LogP contribution in [-0.2, 0) is 22.5 Å². The summed E-state index contributed by atoms with van der Waals surface area (Å²) in [7, 11) is 0. The molecule has 1 heterocycles. The molecular formula is C17H32N4O2. The topological polar surface area (TPSA) is 69.0 Å². The van der Waals surface area contributed by atoms with Gasteiger partial charge in [0.15, 0.2) is 0 Å². The summed E-state index contributed by atoms with van der Waals surface area (Å²) < 4.78 is 7.43. The number of carbonyl (C=O) groups excluding carboxylic acids is 1. The van der Waals surface area contributed by atoms with Crippen molar-refractivity contribution in [1.82, 2.24) is 20.3 Å². The molecule has 1 aromatic heterocycles. The molecule has 1 N–H and O–H groups in total. The van der Waals surface area contributed by atoms with E-state index in [0.29, 0.717) is 19.1 Å². The van der Waals surface area contributed by atoms with E-state index in [-0.39, 0.29) is 5.91 Å². The van der Waals surface area contributed by atoms with Crippen molar-refractivity contribution in [1.29, 1.82) is 0 Å². The molecule has 1 aromatic rings. The molecule has 0 radical (unpaired) electrons. The Hall–Kier alpha value is -1.43. The minimum absolute atomic E-state index is 0.150. The fourth-order valence-electron chi connectivity index (χ4n) is 2.31. The van der Waals surface area contributed by atoms with Crippen LogP contribution >= 0.6 is 0 Å². The van der Waals surface area contributed by atoms with Crippen LogP contribution in [0.15, 0.2) is 6.20 Å². The minimum Gasteiger partial charge on any atom is -0.379 e. The molecule has 0 fully saturated rings. The zero-order valence-electron chi connectivity index (χ0n) is 14.9. The lowest BCUT2D eigenvalue weighted by molar-refractivity contribution is -0.121. The van der Waals surface area contributed by atoms with Gasteiger partial charge < -0.3 is 10.1 Å². The van der Waals surface area contributed by atoms with E-state index in [9.17, 15) is 4.79 Å². The second kappa shape index (κ2) is 12.0. The maximum Gasteiger partial charge on any atom is 0.219 e. The monoisotopic (exact) mass is 324 g/mol. The molecule has 0 saturated carbocycles. The van der Waals surface area contributed by atoms with Crippen LogP contribution in [0, 0.1) is 0 Å². The van der Waals surface area contributed by atoms with Crippen LogP contribution < -0.4 is 5.32 Å². The Morgan fingerprint density at radius 2 is 2.09 bits per heavy atom. The van der Waals surface area contributed by atoms with Crippen LogP contribution in [0.2, 0.25) is 0 Å². The fraction of sp³-hybridized carbons (Fsp3) is 0.824. The van der Waals surface area contributed by atoms with Crippen molar-refractivity contribution >= 4 is 5.91 Å². The van der Waals surface area contributed by atoms with Gasteiger partial charge in [-0.1, -0.05) is 11.6 Å². The van der Waals surface area contributed by atoms with E-state index in [1.165, 1.54) is 0 Å². The third-order valence-corrected chi connectivity index (χ3v) is 3.53. The summed E-state index contributed by atoms with van der Waals surface area (Å²) in [6.45, 7) is 8.46. The zero-order valence-corrected chi connectivity index (χ0v) is 14.9. The van der Waals surface area contributed by atoms with Gasteiger partial charge in [-0.15, -0.1) is 5.10 Å². The lowest BCUT2D eigenvalue weighted by Crippen LogP contribution is -2.22. The maximum atomic E-state index is 11.3. The molecule has 0 aliphatic rings. The second-order valence-corrected chi connectivity index (χ2v) is 6.11. The Kier molecular flexibility index (Phi) is 10.3. The maximum absolute atomic E-state index is 11.3. The summed E-state index contributed by atoms with van der Waals surface area (Å²) in [4.78, 5) is 11.3. The summed E-state index contributed by atoms with van der Waals surface area (Å²) in [6, 6.07) is 0. The van der Waals surface area contributed by atoms with Gasteiger partial charge in [-0.2, -0.15) is 0 Å². The zero-order chi connectivity index (χ0) is 16.9. The number of hydrogen-bond acceptors (Lipinski definition) is 4. The number of aromatic nitrogens is 3. The predicted molar refractivity (Wildman–Crippen MR) is 91.2 cm³/mol. The van der Waals surface area contributed by atoms with Gasteiger partial charge in [0.1, 0.15) is 0 Å². The highest BCUT2D eigenvalue weighted by molar-refractivity contribution is 5.75. The van der Waals surface area contributed by atoms with Gasteiger partial charge in [0.05, 0.1) is 11.8 Å². The first-order valence-electron chi connectivity index (χ1n) is 8.89. The van der Waals surface area contributed by atoms with Crippen molar-refractivity contribution in [3.8, 4) is 0 Å². The van der Waals surface area contributed by atoms with E-state index in [2.05, 4.69) is 29.5 Å². The molecule has 6 nitrogen and oxygen atoms in total. The molecular weight excluding hydrogens is 292 g/mol. The van der Waals surface area contributed by atoms with Gasteiger partial charge in [-0.25, -0.2) is 0 Å². The van der Waals surface area contributed by atoms with Crippen molar-refractivity contribution < 1.29 is 9.53 Å². The molecule has 0 aliphatic heterocycles. The molecule has 0 bridgehead atoms. The molecule has 23 heavy (non-hydrogen) atoms. The smallest absolute Gasteiger partial charge is 0.219 e. The summed E-state index contributed by atoms with van der Waals surface area (Å²) in [5, 5.41) is 11.2. The van der Waals surface area contributed by atoms with Crippen LogP contribution in [0.4, 0.5) is 0 Å². The van der Waals surface area contributed by atoms with Crippen LogP contribution in [0.5, 0.6) is 0 Å². The molecule has 0 saturated heterocycles. The lowest BCUT2D eigenvalue weighted by atomic mass is 10.2. The van der Waals surface area contributed by atoms with Crippen molar-refractivity contribution in [2.45, 2.75) is 78.4 Å². The Labute approximate surface area is 140 Å². The Balaban J connectivity index is 2.06. The number of aryl methyl sites for hydroxylation is 2. The van der Waals surface area contributed by atoms with Crippen molar-refractivity contribution in [2.75, 3.05) is 13.2 Å². The number of amides is 1. The van der Waals surface area contributed by atoms with Gasteiger partial charge in [0, 0.05) is 32.3 Å². The third kappa shape index (κ3) is 10.0. The van der Waals surface area contributed by atoms with E-state index < -0.39 is 0 Å². The van der Waals surface area contributed by atoms with Crippen molar-refractivity contribution in [2.24, 2.45) is 0 Å².